The van der Waals surface area contributed by atoms with Crippen molar-refractivity contribution in [1.82, 2.24) is 4.98 Å². The van der Waals surface area contributed by atoms with E-state index in [4.69, 9.17) is 0 Å². The van der Waals surface area contributed by atoms with Gasteiger partial charge >= 0.3 is 0 Å². The molecule has 0 aliphatic carbocycles. The molecule has 0 fully saturated rings. The van der Waals surface area contributed by atoms with Gasteiger partial charge in [0.15, 0.2) is 0 Å². The summed E-state index contributed by atoms with van der Waals surface area (Å²) in [5.74, 6) is -0.444. The molecule has 0 saturated carbocycles. The summed E-state index contributed by atoms with van der Waals surface area (Å²) in [6, 6.07) is 9.38. The first-order valence-corrected chi connectivity index (χ1v) is 5.72. The second-order valence-electron chi connectivity index (χ2n) is 4.26. The van der Waals surface area contributed by atoms with Gasteiger partial charge in [0.25, 0.3) is 0 Å². The third kappa shape index (κ3) is 2.71. The van der Waals surface area contributed by atoms with Gasteiger partial charge in [0.2, 0.25) is 5.91 Å². The van der Waals surface area contributed by atoms with E-state index in [1.165, 1.54) is 6.92 Å². The van der Waals surface area contributed by atoms with Gasteiger partial charge in [-0.05, 0) is 26.0 Å². The SMILES string of the molecule is CC(=O)CC(=O)Nc1cc(C)nc2ccccc12. The molecule has 0 aliphatic heterocycles. The molecule has 2 aromatic rings. The molecule has 1 heterocycles. The fraction of sp³-hybridized carbons (Fsp3) is 0.214. The molecule has 2 rings (SSSR count). The molecule has 0 aliphatic rings. The zero-order valence-electron chi connectivity index (χ0n) is 10.4. The highest BCUT2D eigenvalue weighted by atomic mass is 16.2. The van der Waals surface area contributed by atoms with Crippen molar-refractivity contribution in [2.75, 3.05) is 5.32 Å². The Kier molecular flexibility index (Phi) is 3.37. The van der Waals surface area contributed by atoms with E-state index >= 15 is 0 Å². The number of benzene rings is 1. The molecule has 1 aromatic carbocycles. The summed E-state index contributed by atoms with van der Waals surface area (Å²) in [7, 11) is 0. The number of hydrogen-bond donors (Lipinski definition) is 1. The molecule has 1 N–H and O–H groups in total. The van der Waals surface area contributed by atoms with E-state index in [-0.39, 0.29) is 18.1 Å². The first-order chi connectivity index (χ1) is 8.56. The van der Waals surface area contributed by atoms with Crippen molar-refractivity contribution in [2.24, 2.45) is 0 Å². The molecule has 4 nitrogen and oxygen atoms in total. The molecule has 0 spiro atoms. The van der Waals surface area contributed by atoms with Crippen molar-refractivity contribution >= 4 is 28.3 Å². The zero-order valence-corrected chi connectivity index (χ0v) is 10.4. The fourth-order valence-corrected chi connectivity index (χ4v) is 1.83. The molecular formula is C14H14N2O2. The lowest BCUT2D eigenvalue weighted by Crippen LogP contribution is -2.15. The molecule has 0 saturated heterocycles. The third-order valence-electron chi connectivity index (χ3n) is 2.53. The van der Waals surface area contributed by atoms with E-state index in [0.29, 0.717) is 5.69 Å². The Morgan fingerprint density at radius 2 is 2.00 bits per heavy atom. The van der Waals surface area contributed by atoms with Crippen LogP contribution in [0.15, 0.2) is 30.3 Å². The summed E-state index contributed by atoms with van der Waals surface area (Å²) in [6.45, 7) is 3.27. The molecule has 0 radical (unpaired) electrons. The Morgan fingerprint density at radius 1 is 1.28 bits per heavy atom. The maximum absolute atomic E-state index is 11.6. The Morgan fingerprint density at radius 3 is 2.72 bits per heavy atom. The number of para-hydroxylation sites is 1. The number of fused-ring (bicyclic) bond motifs is 1. The van der Waals surface area contributed by atoms with Gasteiger partial charge in [-0.25, -0.2) is 0 Å². The predicted octanol–water partition coefficient (Wildman–Crippen LogP) is 2.46. The Hall–Kier alpha value is -2.23. The molecule has 0 atom stereocenters. The topological polar surface area (TPSA) is 59.1 Å². The highest BCUT2D eigenvalue weighted by Crippen LogP contribution is 2.22. The minimum atomic E-state index is -0.293. The first-order valence-electron chi connectivity index (χ1n) is 5.72. The number of nitrogens with one attached hydrogen (secondary N) is 1. The number of aromatic nitrogens is 1. The Labute approximate surface area is 105 Å². The van der Waals surface area contributed by atoms with Gasteiger partial charge in [0, 0.05) is 11.1 Å². The standard InChI is InChI=1S/C14H14N2O2/c1-9-7-13(16-14(18)8-10(2)17)11-5-3-4-6-12(11)15-9/h3-7H,8H2,1-2H3,(H,15,16,18). The number of aryl methyl sites for hydroxylation is 1. The molecular weight excluding hydrogens is 228 g/mol. The number of pyridine rings is 1. The van der Waals surface area contributed by atoms with Gasteiger partial charge in [-0.3, -0.25) is 14.6 Å². The number of nitrogens with zero attached hydrogens (tertiary/aromatic N) is 1. The summed E-state index contributed by atoms with van der Waals surface area (Å²) in [5, 5.41) is 3.63. The van der Waals surface area contributed by atoms with Crippen LogP contribution < -0.4 is 5.32 Å². The zero-order chi connectivity index (χ0) is 13.1. The molecule has 0 unspecified atom stereocenters. The molecule has 4 heteroatoms. The Bertz CT molecular complexity index is 620. The molecule has 92 valence electrons. The van der Waals surface area contributed by atoms with Crippen LogP contribution in [0.1, 0.15) is 19.0 Å². The van der Waals surface area contributed by atoms with Crippen molar-refractivity contribution in [3.05, 3.63) is 36.0 Å². The van der Waals surface area contributed by atoms with Crippen LogP contribution in [0.25, 0.3) is 10.9 Å². The summed E-state index contributed by atoms with van der Waals surface area (Å²) in [5.41, 5.74) is 2.35. The van der Waals surface area contributed by atoms with Crippen LogP contribution in [0.4, 0.5) is 5.69 Å². The number of Topliss-reactive ketones (excluding diaryl/α,β-unsaturated/α-hetero) is 1. The van der Waals surface area contributed by atoms with Crippen LogP contribution in [0.3, 0.4) is 0 Å². The van der Waals surface area contributed by atoms with Crippen molar-refractivity contribution < 1.29 is 9.59 Å². The minimum absolute atomic E-state index is 0.101. The van der Waals surface area contributed by atoms with Crippen LogP contribution >= 0.6 is 0 Å². The quantitative estimate of drug-likeness (QED) is 0.841. The van der Waals surface area contributed by atoms with E-state index in [2.05, 4.69) is 10.3 Å². The Balaban J connectivity index is 2.38. The molecule has 0 bridgehead atoms. The normalized spacial score (nSPS) is 10.3. The lowest BCUT2D eigenvalue weighted by Gasteiger charge is -2.08. The number of anilines is 1. The van der Waals surface area contributed by atoms with Gasteiger partial charge in [0.1, 0.15) is 5.78 Å². The van der Waals surface area contributed by atoms with E-state index in [0.717, 1.165) is 16.6 Å². The number of carbonyl (C=O) groups excluding carboxylic acids is 2. The van der Waals surface area contributed by atoms with E-state index in [1.54, 1.807) is 6.07 Å². The second kappa shape index (κ2) is 4.96. The fourth-order valence-electron chi connectivity index (χ4n) is 1.83. The summed E-state index contributed by atoms with van der Waals surface area (Å²) in [6.07, 6.45) is -0.101. The monoisotopic (exact) mass is 242 g/mol. The lowest BCUT2D eigenvalue weighted by atomic mass is 10.1. The van der Waals surface area contributed by atoms with Crippen molar-refractivity contribution in [2.45, 2.75) is 20.3 Å². The van der Waals surface area contributed by atoms with E-state index in [9.17, 15) is 9.59 Å². The van der Waals surface area contributed by atoms with Crippen molar-refractivity contribution in [3.63, 3.8) is 0 Å². The van der Waals surface area contributed by atoms with Crippen molar-refractivity contribution in [1.29, 1.82) is 0 Å². The number of ketones is 1. The molecule has 18 heavy (non-hydrogen) atoms. The van der Waals surface area contributed by atoms with Gasteiger partial charge in [0.05, 0.1) is 17.6 Å². The third-order valence-corrected chi connectivity index (χ3v) is 2.53. The maximum atomic E-state index is 11.6. The smallest absolute Gasteiger partial charge is 0.231 e. The average Bonchev–Trinajstić information content (AvgIpc) is 2.27. The van der Waals surface area contributed by atoms with Crippen LogP contribution in [-0.2, 0) is 9.59 Å². The lowest BCUT2D eigenvalue weighted by molar-refractivity contribution is -0.124. The average molecular weight is 242 g/mol. The van der Waals surface area contributed by atoms with Crippen LogP contribution in [0.5, 0.6) is 0 Å². The summed E-state index contributed by atoms with van der Waals surface area (Å²) in [4.78, 5) is 26.9. The van der Waals surface area contributed by atoms with Crippen LogP contribution in [0, 0.1) is 6.92 Å². The van der Waals surface area contributed by atoms with Gasteiger partial charge < -0.3 is 5.32 Å². The first kappa shape index (κ1) is 12.2. The van der Waals surface area contributed by atoms with Crippen molar-refractivity contribution in [3.8, 4) is 0 Å². The maximum Gasteiger partial charge on any atom is 0.231 e. The van der Waals surface area contributed by atoms with Crippen LogP contribution in [0.2, 0.25) is 0 Å². The largest absolute Gasteiger partial charge is 0.325 e. The van der Waals surface area contributed by atoms with Gasteiger partial charge in [-0.1, -0.05) is 18.2 Å². The summed E-state index contributed by atoms with van der Waals surface area (Å²) >= 11 is 0. The number of hydrogen-bond acceptors (Lipinski definition) is 3. The number of carbonyl (C=O) groups is 2. The van der Waals surface area contributed by atoms with Gasteiger partial charge in [-0.2, -0.15) is 0 Å². The van der Waals surface area contributed by atoms with E-state index in [1.807, 2.05) is 31.2 Å². The van der Waals surface area contributed by atoms with E-state index < -0.39 is 0 Å². The van der Waals surface area contributed by atoms with Gasteiger partial charge in [-0.15, -0.1) is 0 Å². The second-order valence-corrected chi connectivity index (χ2v) is 4.26. The minimum Gasteiger partial charge on any atom is -0.325 e. The highest BCUT2D eigenvalue weighted by Gasteiger charge is 2.09. The summed E-state index contributed by atoms with van der Waals surface area (Å²) < 4.78 is 0. The highest BCUT2D eigenvalue weighted by molar-refractivity contribution is 6.07. The predicted molar refractivity (Wildman–Crippen MR) is 70.4 cm³/mol. The molecule has 1 amide bonds. The number of amides is 1. The molecule has 1 aromatic heterocycles. The number of rotatable bonds is 3. The van der Waals surface area contributed by atoms with Crippen LogP contribution in [-0.4, -0.2) is 16.7 Å².